The highest BCUT2D eigenvalue weighted by Gasteiger charge is 2.50. The molecule has 0 aromatic carbocycles. The van der Waals surface area contributed by atoms with Crippen LogP contribution >= 0.6 is 0 Å². The first-order valence-electron chi connectivity index (χ1n) is 5.35. The van der Waals surface area contributed by atoms with Crippen LogP contribution in [-0.4, -0.2) is 13.1 Å². The quantitative estimate of drug-likeness (QED) is 0.632. The molecule has 4 unspecified atom stereocenters. The van der Waals surface area contributed by atoms with Crippen molar-refractivity contribution < 1.29 is 0 Å². The molecule has 1 aliphatic carbocycles. The highest BCUT2D eigenvalue weighted by Crippen LogP contribution is 2.56. The van der Waals surface area contributed by atoms with Gasteiger partial charge in [0.1, 0.15) is 0 Å². The maximum atomic E-state index is 3.49. The Bertz CT molecular complexity index is 174. The number of piperidine rings is 1. The largest absolute Gasteiger partial charge is 0.316 e. The third kappa shape index (κ3) is 1.19. The molecule has 2 fully saturated rings. The summed E-state index contributed by atoms with van der Waals surface area (Å²) in [7, 11) is 0. The Labute approximate surface area is 75.9 Å². The van der Waals surface area contributed by atoms with Gasteiger partial charge in [-0.2, -0.15) is 0 Å². The molecule has 1 N–H and O–H groups in total. The lowest BCUT2D eigenvalue weighted by atomic mass is 9.69. The normalized spacial score (nSPS) is 53.8. The van der Waals surface area contributed by atoms with Crippen molar-refractivity contribution >= 4 is 0 Å². The van der Waals surface area contributed by atoms with Gasteiger partial charge in [0.2, 0.25) is 0 Å². The SMILES string of the molecule is CC1CC1C1(C)CCNCC1C. The second-order valence-corrected chi connectivity index (χ2v) is 5.18. The van der Waals surface area contributed by atoms with Gasteiger partial charge in [0.05, 0.1) is 0 Å². The fourth-order valence-electron chi connectivity index (χ4n) is 2.95. The van der Waals surface area contributed by atoms with Gasteiger partial charge >= 0.3 is 0 Å². The molecule has 1 heterocycles. The molecule has 0 radical (unpaired) electrons. The lowest BCUT2D eigenvalue weighted by molar-refractivity contribution is 0.109. The topological polar surface area (TPSA) is 12.0 Å². The molecule has 1 nitrogen and oxygen atoms in total. The minimum absolute atomic E-state index is 0.657. The minimum atomic E-state index is 0.657. The van der Waals surface area contributed by atoms with Gasteiger partial charge in [0.15, 0.2) is 0 Å². The van der Waals surface area contributed by atoms with E-state index in [2.05, 4.69) is 26.1 Å². The molecule has 0 aromatic heterocycles. The standard InChI is InChI=1S/C11H21N/c1-8-6-10(8)11(3)4-5-12-7-9(11)2/h8-10,12H,4-7H2,1-3H3. The molecule has 0 spiro atoms. The average Bonchev–Trinajstić information content (AvgIpc) is 2.74. The van der Waals surface area contributed by atoms with Gasteiger partial charge in [-0.25, -0.2) is 0 Å². The van der Waals surface area contributed by atoms with Crippen LogP contribution in [-0.2, 0) is 0 Å². The van der Waals surface area contributed by atoms with Crippen LogP contribution in [0.4, 0.5) is 0 Å². The Hall–Kier alpha value is -0.0400. The number of nitrogens with one attached hydrogen (secondary N) is 1. The first kappa shape index (κ1) is 8.55. The fraction of sp³-hybridized carbons (Fsp3) is 1.00. The molecule has 2 aliphatic rings. The predicted molar refractivity (Wildman–Crippen MR) is 52.0 cm³/mol. The van der Waals surface area contributed by atoms with Crippen LogP contribution in [0.25, 0.3) is 0 Å². The number of hydrogen-bond donors (Lipinski definition) is 1. The van der Waals surface area contributed by atoms with E-state index in [1.807, 2.05) is 0 Å². The van der Waals surface area contributed by atoms with Crippen molar-refractivity contribution in [3.05, 3.63) is 0 Å². The Morgan fingerprint density at radius 2 is 2.00 bits per heavy atom. The van der Waals surface area contributed by atoms with E-state index < -0.39 is 0 Å². The summed E-state index contributed by atoms with van der Waals surface area (Å²) in [5.41, 5.74) is 0.657. The van der Waals surface area contributed by atoms with Gasteiger partial charge in [0, 0.05) is 0 Å². The molecule has 1 saturated carbocycles. The Balaban J connectivity index is 2.06. The summed E-state index contributed by atoms with van der Waals surface area (Å²) in [4.78, 5) is 0. The number of hydrogen-bond acceptors (Lipinski definition) is 1. The molecule has 1 saturated heterocycles. The van der Waals surface area contributed by atoms with E-state index in [4.69, 9.17) is 0 Å². The van der Waals surface area contributed by atoms with E-state index in [1.165, 1.54) is 25.9 Å². The van der Waals surface area contributed by atoms with Crippen LogP contribution in [0.2, 0.25) is 0 Å². The van der Waals surface area contributed by atoms with Crippen molar-refractivity contribution in [3.63, 3.8) is 0 Å². The summed E-state index contributed by atoms with van der Waals surface area (Å²) >= 11 is 0. The summed E-state index contributed by atoms with van der Waals surface area (Å²) in [6.45, 7) is 9.80. The highest BCUT2D eigenvalue weighted by atomic mass is 14.9. The van der Waals surface area contributed by atoms with Crippen LogP contribution < -0.4 is 5.32 Å². The third-order valence-corrected chi connectivity index (χ3v) is 4.37. The van der Waals surface area contributed by atoms with Gasteiger partial charge in [-0.05, 0) is 49.1 Å². The van der Waals surface area contributed by atoms with Crippen LogP contribution in [0.3, 0.4) is 0 Å². The van der Waals surface area contributed by atoms with Crippen molar-refractivity contribution in [1.29, 1.82) is 0 Å². The summed E-state index contributed by atoms with van der Waals surface area (Å²) in [6.07, 6.45) is 2.88. The summed E-state index contributed by atoms with van der Waals surface area (Å²) in [5.74, 6) is 2.92. The zero-order chi connectivity index (χ0) is 8.77. The van der Waals surface area contributed by atoms with Crippen LogP contribution in [0.15, 0.2) is 0 Å². The van der Waals surface area contributed by atoms with Crippen molar-refractivity contribution in [2.45, 2.75) is 33.6 Å². The molecule has 1 aliphatic heterocycles. The predicted octanol–water partition coefficient (Wildman–Crippen LogP) is 2.28. The monoisotopic (exact) mass is 167 g/mol. The van der Waals surface area contributed by atoms with Gasteiger partial charge in [0.25, 0.3) is 0 Å². The van der Waals surface area contributed by atoms with Gasteiger partial charge in [-0.3, -0.25) is 0 Å². The summed E-state index contributed by atoms with van der Waals surface area (Å²) in [5, 5.41) is 3.49. The number of rotatable bonds is 1. The van der Waals surface area contributed by atoms with Crippen LogP contribution in [0.5, 0.6) is 0 Å². The van der Waals surface area contributed by atoms with E-state index in [-0.39, 0.29) is 0 Å². The Morgan fingerprint density at radius 3 is 2.50 bits per heavy atom. The van der Waals surface area contributed by atoms with Crippen molar-refractivity contribution in [2.24, 2.45) is 23.2 Å². The van der Waals surface area contributed by atoms with E-state index in [1.54, 1.807) is 0 Å². The van der Waals surface area contributed by atoms with Crippen molar-refractivity contribution in [3.8, 4) is 0 Å². The van der Waals surface area contributed by atoms with Crippen molar-refractivity contribution in [1.82, 2.24) is 5.32 Å². The first-order chi connectivity index (χ1) is 5.64. The average molecular weight is 167 g/mol. The zero-order valence-electron chi connectivity index (χ0n) is 8.56. The van der Waals surface area contributed by atoms with E-state index in [0.717, 1.165) is 17.8 Å². The molecular formula is C11H21N. The first-order valence-corrected chi connectivity index (χ1v) is 5.35. The fourth-order valence-corrected chi connectivity index (χ4v) is 2.95. The van der Waals surface area contributed by atoms with Gasteiger partial charge in [-0.1, -0.05) is 20.8 Å². The summed E-state index contributed by atoms with van der Waals surface area (Å²) < 4.78 is 0. The minimum Gasteiger partial charge on any atom is -0.316 e. The van der Waals surface area contributed by atoms with E-state index in [0.29, 0.717) is 5.41 Å². The van der Waals surface area contributed by atoms with Crippen LogP contribution in [0, 0.1) is 23.2 Å². The third-order valence-electron chi connectivity index (χ3n) is 4.37. The molecule has 0 aromatic rings. The molecule has 0 bridgehead atoms. The molecule has 2 rings (SSSR count). The van der Waals surface area contributed by atoms with Crippen molar-refractivity contribution in [2.75, 3.05) is 13.1 Å². The zero-order valence-corrected chi connectivity index (χ0v) is 8.56. The van der Waals surface area contributed by atoms with Gasteiger partial charge in [-0.15, -0.1) is 0 Å². The summed E-state index contributed by atoms with van der Waals surface area (Å²) in [6, 6.07) is 0. The maximum Gasteiger partial charge on any atom is -0.00178 e. The highest BCUT2D eigenvalue weighted by molar-refractivity contribution is 5.00. The second-order valence-electron chi connectivity index (χ2n) is 5.18. The van der Waals surface area contributed by atoms with E-state index in [9.17, 15) is 0 Å². The lowest BCUT2D eigenvalue weighted by Gasteiger charge is -2.41. The van der Waals surface area contributed by atoms with Crippen LogP contribution in [0.1, 0.15) is 33.6 Å². The molecule has 1 heteroatoms. The molecule has 0 amide bonds. The van der Waals surface area contributed by atoms with E-state index >= 15 is 0 Å². The maximum absolute atomic E-state index is 3.49. The van der Waals surface area contributed by atoms with Gasteiger partial charge < -0.3 is 5.32 Å². The Kier molecular flexibility index (Phi) is 1.95. The molecule has 4 atom stereocenters. The molecule has 12 heavy (non-hydrogen) atoms. The smallest absolute Gasteiger partial charge is 0.00178 e. The molecule has 70 valence electrons. The lowest BCUT2D eigenvalue weighted by Crippen LogP contribution is -2.43. The second kappa shape index (κ2) is 2.73. The Morgan fingerprint density at radius 1 is 1.33 bits per heavy atom. The molecular weight excluding hydrogens is 146 g/mol.